The minimum absolute atomic E-state index is 1.42. The van der Waals surface area contributed by atoms with E-state index in [1.165, 1.54) is 0 Å². The fourth-order valence-electron chi connectivity index (χ4n) is 0. The van der Waals surface area contributed by atoms with E-state index >= 15 is 0 Å². The summed E-state index contributed by atoms with van der Waals surface area (Å²) in [6.07, 6.45) is 0. The standard InChI is InChI=1S/C3H9Cl3Si2.C2H6Cl4Si2/c2*1-7(2,3)8(4,5)6/h1-3H3;1-2H3. The second kappa shape index (κ2) is 7.06. The zero-order chi connectivity index (χ0) is 14.0. The highest BCUT2D eigenvalue weighted by molar-refractivity contribution is 7.95. The summed E-state index contributed by atoms with van der Waals surface area (Å²) in [5, 5.41) is 0. The second-order valence-corrected chi connectivity index (χ2v) is 50.1. The molecule has 0 aliphatic heterocycles. The summed E-state index contributed by atoms with van der Waals surface area (Å²) in [5.41, 5.74) is -4.84. The summed E-state index contributed by atoms with van der Waals surface area (Å²) in [6, 6.07) is 0. The van der Waals surface area contributed by atoms with E-state index in [2.05, 4.69) is 19.6 Å². The predicted molar refractivity (Wildman–Crippen MR) is 93.3 cm³/mol. The summed E-state index contributed by atoms with van der Waals surface area (Å²) in [4.78, 5) is 0. The van der Waals surface area contributed by atoms with Crippen LogP contribution in [0.5, 0.6) is 0 Å². The van der Waals surface area contributed by atoms with Crippen LogP contribution in [0.3, 0.4) is 0 Å². The first-order valence-electron chi connectivity index (χ1n) is 4.32. The molecule has 0 unspecified atom stereocenters. The molecule has 100 valence electrons. The number of hydrogen-bond donors (Lipinski definition) is 0. The van der Waals surface area contributed by atoms with Gasteiger partial charge in [0, 0.05) is 0 Å². The Labute approximate surface area is 134 Å². The van der Waals surface area contributed by atoms with Gasteiger partial charge in [0.25, 0.3) is 0 Å². The highest BCUT2D eigenvalue weighted by Crippen LogP contribution is 2.33. The van der Waals surface area contributed by atoms with Crippen molar-refractivity contribution < 1.29 is 0 Å². The molecule has 0 rings (SSSR count). The average molecular weight is 436 g/mol. The lowest BCUT2D eigenvalue weighted by Gasteiger charge is -2.21. The van der Waals surface area contributed by atoms with Crippen molar-refractivity contribution in [2.24, 2.45) is 0 Å². The fourth-order valence-corrected chi connectivity index (χ4v) is 0. The van der Waals surface area contributed by atoms with E-state index < -0.39 is 25.5 Å². The Morgan fingerprint density at radius 1 is 0.500 bits per heavy atom. The van der Waals surface area contributed by atoms with Crippen molar-refractivity contribution in [1.29, 1.82) is 0 Å². The molecule has 0 amide bonds. The lowest BCUT2D eigenvalue weighted by molar-refractivity contribution is 1.86. The first-order chi connectivity index (χ1) is 6.50. The Morgan fingerprint density at radius 3 is 0.625 bits per heavy atom. The zero-order valence-corrected chi connectivity index (χ0v) is 18.9. The first kappa shape index (κ1) is 21.2. The van der Waals surface area contributed by atoms with Gasteiger partial charge in [0.2, 0.25) is 0 Å². The van der Waals surface area contributed by atoms with E-state index in [0.717, 1.165) is 0 Å². The molecule has 0 N–H and O–H groups in total. The molecule has 0 aromatic carbocycles. The summed E-state index contributed by atoms with van der Waals surface area (Å²) in [6.45, 7) is 7.96. The molecule has 0 bridgehead atoms. The van der Waals surface area contributed by atoms with Gasteiger partial charge in [-0.1, -0.05) is 32.7 Å². The molecule has 0 aromatic rings. The van der Waals surface area contributed by atoms with E-state index in [4.69, 9.17) is 77.6 Å². The van der Waals surface area contributed by atoms with Crippen LogP contribution in [0.2, 0.25) is 32.7 Å². The normalized spacial score (nSPS) is 14.2. The Kier molecular flexibility index (Phi) is 9.36. The SMILES string of the molecule is C[Si](C)(C)[Si](Cl)(Cl)Cl.C[Si](C)(Cl)[Si](Cl)(Cl)Cl. The van der Waals surface area contributed by atoms with Crippen molar-refractivity contribution in [2.75, 3.05) is 0 Å². The van der Waals surface area contributed by atoms with Gasteiger partial charge >= 0.3 is 11.0 Å². The molecule has 0 aliphatic rings. The molecular formula is C5H15Cl7Si4. The average Bonchev–Trinajstić information content (AvgIpc) is 1.77. The largest absolute Gasteiger partial charge is 0.341 e. The van der Waals surface area contributed by atoms with E-state index in [1.54, 1.807) is 0 Å². The molecule has 0 nitrogen and oxygen atoms in total. The number of rotatable bonds is 2. The highest BCUT2D eigenvalue weighted by atomic mass is 35.9. The lowest BCUT2D eigenvalue weighted by atomic mass is 11.8. The van der Waals surface area contributed by atoms with Gasteiger partial charge in [-0.25, -0.2) is 0 Å². The number of halogens is 7. The zero-order valence-electron chi connectivity index (χ0n) is 9.65. The Hall–Kier alpha value is 2.90. The summed E-state index contributed by atoms with van der Waals surface area (Å²) in [7, 11) is -1.42. The van der Waals surface area contributed by atoms with Crippen LogP contribution < -0.4 is 0 Å². The molecule has 0 spiro atoms. The van der Waals surface area contributed by atoms with Gasteiger partial charge < -0.3 is 0 Å². The van der Waals surface area contributed by atoms with Crippen LogP contribution in [-0.2, 0) is 0 Å². The molecule has 0 aliphatic carbocycles. The molecule has 11 heteroatoms. The lowest BCUT2D eigenvalue weighted by Crippen LogP contribution is -2.43. The Balaban J connectivity index is 0. The van der Waals surface area contributed by atoms with Crippen LogP contribution in [-0.4, -0.2) is 25.5 Å². The predicted octanol–water partition coefficient (Wildman–Crippen LogP) is 6.22. The van der Waals surface area contributed by atoms with Crippen molar-refractivity contribution in [2.45, 2.75) is 32.7 Å². The van der Waals surface area contributed by atoms with Crippen LogP contribution in [0.1, 0.15) is 0 Å². The van der Waals surface area contributed by atoms with E-state index in [1.807, 2.05) is 13.1 Å². The smallest absolute Gasteiger partial charge is 0.166 e. The summed E-state index contributed by atoms with van der Waals surface area (Å²) < 4.78 is 0. The Morgan fingerprint density at radius 2 is 0.625 bits per heavy atom. The Bertz CT molecular complexity index is 159. The van der Waals surface area contributed by atoms with Crippen LogP contribution in [0.4, 0.5) is 0 Å². The highest BCUT2D eigenvalue weighted by Gasteiger charge is 2.45. The van der Waals surface area contributed by atoms with Crippen molar-refractivity contribution >= 4 is 103 Å². The van der Waals surface area contributed by atoms with Gasteiger partial charge in [0.15, 0.2) is 6.90 Å². The molecule has 0 atom stereocenters. The maximum absolute atomic E-state index is 5.81. The van der Waals surface area contributed by atoms with Gasteiger partial charge in [-0.05, 0) is 0 Å². The third-order valence-corrected chi connectivity index (χ3v) is 46.9. The maximum atomic E-state index is 5.81. The summed E-state index contributed by atoms with van der Waals surface area (Å²) >= 11 is 39.9. The van der Waals surface area contributed by atoms with E-state index in [9.17, 15) is 0 Å². The van der Waals surface area contributed by atoms with Crippen LogP contribution in [0.15, 0.2) is 0 Å². The number of hydrogen-bond acceptors (Lipinski definition) is 0. The third-order valence-electron chi connectivity index (χ3n) is 1.52. The van der Waals surface area contributed by atoms with Crippen molar-refractivity contribution in [3.63, 3.8) is 0 Å². The fraction of sp³-hybridized carbons (Fsp3) is 1.00. The van der Waals surface area contributed by atoms with Crippen molar-refractivity contribution in [3.8, 4) is 0 Å². The van der Waals surface area contributed by atoms with E-state index in [-0.39, 0.29) is 0 Å². The van der Waals surface area contributed by atoms with Crippen molar-refractivity contribution in [3.05, 3.63) is 0 Å². The molecule has 16 heavy (non-hydrogen) atoms. The third kappa shape index (κ3) is 9.78. The molecule has 0 aromatic heterocycles. The van der Waals surface area contributed by atoms with Gasteiger partial charge in [-0.3, -0.25) is 0 Å². The van der Waals surface area contributed by atoms with Crippen molar-refractivity contribution in [1.82, 2.24) is 0 Å². The minimum Gasteiger partial charge on any atom is -0.166 e. The minimum atomic E-state index is -2.54. The molecule has 0 radical (unpaired) electrons. The maximum Gasteiger partial charge on any atom is 0.341 e. The van der Waals surface area contributed by atoms with Crippen LogP contribution in [0, 0.1) is 0 Å². The second-order valence-electron chi connectivity index (χ2n) is 4.72. The van der Waals surface area contributed by atoms with Crippen LogP contribution >= 0.6 is 77.6 Å². The summed E-state index contributed by atoms with van der Waals surface area (Å²) in [5.74, 6) is 0. The van der Waals surface area contributed by atoms with Gasteiger partial charge in [-0.2, -0.15) is 11.1 Å². The first-order valence-corrected chi connectivity index (χ1v) is 23.9. The molecule has 0 saturated heterocycles. The monoisotopic (exact) mass is 432 g/mol. The molecule has 0 fully saturated rings. The van der Waals surface area contributed by atoms with Gasteiger partial charge in [-0.15, -0.1) is 66.5 Å². The topological polar surface area (TPSA) is 0 Å². The molecule has 0 saturated carbocycles. The quantitative estimate of drug-likeness (QED) is 0.357. The molecule has 0 heterocycles. The van der Waals surface area contributed by atoms with Gasteiger partial charge in [0.05, 0.1) is 7.59 Å². The van der Waals surface area contributed by atoms with E-state index in [0.29, 0.717) is 0 Å². The van der Waals surface area contributed by atoms with Crippen LogP contribution in [0.25, 0.3) is 0 Å². The molecular weight excluding hydrogens is 421 g/mol. The van der Waals surface area contributed by atoms with Gasteiger partial charge in [0.1, 0.15) is 0 Å².